The number of para-hydroxylation sites is 1. The molecule has 0 unspecified atom stereocenters. The predicted octanol–water partition coefficient (Wildman–Crippen LogP) is 12.1. The van der Waals surface area contributed by atoms with Crippen molar-refractivity contribution in [3.05, 3.63) is 145 Å². The summed E-state index contributed by atoms with van der Waals surface area (Å²) in [6.07, 6.45) is 0. The van der Waals surface area contributed by atoms with Crippen molar-refractivity contribution >= 4 is 75.8 Å². The van der Waals surface area contributed by atoms with Gasteiger partial charge in [0.15, 0.2) is 0 Å². The Balaban J connectivity index is 1.52. The molecule has 0 spiro atoms. The third-order valence-corrected chi connectivity index (χ3v) is 8.58. The summed E-state index contributed by atoms with van der Waals surface area (Å²) in [5.74, 6) is 0. The van der Waals surface area contributed by atoms with Crippen molar-refractivity contribution in [3.63, 3.8) is 0 Å². The average molecular weight is 557 g/mol. The van der Waals surface area contributed by atoms with Crippen LogP contribution in [0, 0.1) is 0 Å². The average Bonchev–Trinajstić information content (AvgIpc) is 3.60. The smallest absolute Gasteiger partial charge is 0.136 e. The first kappa shape index (κ1) is 14.5. The van der Waals surface area contributed by atoms with Crippen LogP contribution in [0.2, 0.25) is 0 Å². The van der Waals surface area contributed by atoms with Crippen LogP contribution in [0.3, 0.4) is 0 Å². The lowest BCUT2D eigenvalue weighted by atomic mass is 9.83. The molecule has 0 saturated heterocycles. The van der Waals surface area contributed by atoms with Crippen molar-refractivity contribution in [1.29, 1.82) is 0 Å². The molecule has 1 heterocycles. The molecule has 0 radical (unpaired) electrons. The van der Waals surface area contributed by atoms with Crippen molar-refractivity contribution in [1.82, 2.24) is 0 Å². The van der Waals surface area contributed by atoms with E-state index in [4.69, 9.17) is 15.4 Å². The lowest BCUT2D eigenvalue weighted by Gasteiger charge is -2.20. The monoisotopic (exact) mass is 556 g/mol. The van der Waals surface area contributed by atoms with Gasteiger partial charge in [-0.1, -0.05) is 133 Å². The summed E-state index contributed by atoms with van der Waals surface area (Å²) in [4.78, 5) is 0. The highest BCUT2D eigenvalue weighted by atomic mass is 16.3. The summed E-state index contributed by atoms with van der Waals surface area (Å²) < 4.78 is 114. The second-order valence-corrected chi connectivity index (χ2v) is 10.7. The molecule has 0 atom stereocenters. The number of fused-ring (bicyclic) bond motifs is 5. The normalized spacial score (nSPS) is 16.1. The van der Waals surface area contributed by atoms with Crippen LogP contribution in [-0.4, -0.2) is 0 Å². The van der Waals surface area contributed by atoms with Crippen molar-refractivity contribution in [2.24, 2.45) is 0 Å². The van der Waals surface area contributed by atoms with E-state index in [2.05, 4.69) is 0 Å². The molecular formula is C42H24O. The second kappa shape index (κ2) is 8.44. The molecule has 0 aliphatic heterocycles. The van der Waals surface area contributed by atoms with Crippen LogP contribution in [0.1, 0.15) is 16.4 Å². The summed E-state index contributed by atoms with van der Waals surface area (Å²) in [5.41, 5.74) is 1.06. The Hall–Kier alpha value is -5.66. The molecule has 1 nitrogen and oxygen atoms in total. The fraction of sp³-hybridized carbons (Fsp3) is 0. The SMILES string of the molecule is [2H]c1c([2H])c([2H])c2c(oc3cccc(-c4c5c([2H])c([2H])c([2H])c([2H])c5c(-c5ccc6ccc7cccc8ccc5c6c78)c5c([2H])c([2H])c([2H])c([2H])c45)c32)c1[2H]. The number of hydrogen-bond acceptors (Lipinski definition) is 1. The molecule has 10 rings (SSSR count). The van der Waals surface area contributed by atoms with E-state index in [0.29, 0.717) is 5.56 Å². The number of furan rings is 1. The lowest BCUT2D eigenvalue weighted by Crippen LogP contribution is -1.93. The summed E-state index contributed by atoms with van der Waals surface area (Å²) >= 11 is 0. The van der Waals surface area contributed by atoms with E-state index in [9.17, 15) is 5.48 Å². The van der Waals surface area contributed by atoms with Crippen LogP contribution in [0.4, 0.5) is 0 Å². The molecule has 0 aliphatic carbocycles. The van der Waals surface area contributed by atoms with E-state index in [-0.39, 0.29) is 66.2 Å². The molecule has 0 saturated carbocycles. The standard InChI is InChI=1S/C42H24O/c1-3-13-30-28(11-1)40(33-24-22-27-20-19-25-9-7-10-26-21-23-32(33)39(27)38(25)26)29-12-2-4-14-31(29)41(30)35-16-8-18-37-42(35)34-15-5-6-17-36(34)43-37/h1-24H/i1D,2D,3D,4D,5D,6D,11D,12D,13D,14D,15D,17D. The highest BCUT2D eigenvalue weighted by Gasteiger charge is 2.21. The summed E-state index contributed by atoms with van der Waals surface area (Å²) in [6.45, 7) is 0. The Morgan fingerprint density at radius 3 is 1.60 bits per heavy atom. The minimum absolute atomic E-state index is 0.00749. The van der Waals surface area contributed by atoms with Crippen LogP contribution in [-0.2, 0) is 0 Å². The number of benzene rings is 9. The van der Waals surface area contributed by atoms with E-state index in [1.807, 2.05) is 54.6 Å². The Bertz CT molecular complexity index is 3310. The minimum atomic E-state index is -0.550. The van der Waals surface area contributed by atoms with Gasteiger partial charge in [-0.3, -0.25) is 0 Å². The maximum Gasteiger partial charge on any atom is 0.136 e. The van der Waals surface area contributed by atoms with Gasteiger partial charge in [-0.2, -0.15) is 0 Å². The van der Waals surface area contributed by atoms with E-state index in [1.165, 1.54) is 0 Å². The van der Waals surface area contributed by atoms with Crippen LogP contribution in [0.15, 0.2) is 150 Å². The first-order valence-electron chi connectivity index (χ1n) is 19.9. The molecule has 10 aromatic rings. The molecule has 0 aliphatic rings. The molecule has 1 aromatic heterocycles. The Morgan fingerprint density at radius 1 is 0.372 bits per heavy atom. The summed E-state index contributed by atoms with van der Waals surface area (Å²) in [7, 11) is 0. The zero-order valence-electron chi connectivity index (χ0n) is 34.3. The molecule has 1 heteroatoms. The van der Waals surface area contributed by atoms with E-state index in [1.54, 1.807) is 18.2 Å². The minimum Gasteiger partial charge on any atom is -0.456 e. The molecule has 43 heavy (non-hydrogen) atoms. The molecule has 198 valence electrons. The first-order valence-corrected chi connectivity index (χ1v) is 13.9. The third-order valence-electron chi connectivity index (χ3n) is 8.58. The Morgan fingerprint density at radius 2 is 0.907 bits per heavy atom. The number of hydrogen-bond donors (Lipinski definition) is 0. The van der Waals surface area contributed by atoms with Gasteiger partial charge in [-0.25, -0.2) is 0 Å². The van der Waals surface area contributed by atoms with E-state index < -0.39 is 66.5 Å². The maximum atomic E-state index is 9.46. The topological polar surface area (TPSA) is 13.1 Å². The van der Waals surface area contributed by atoms with Gasteiger partial charge in [0, 0.05) is 10.8 Å². The van der Waals surface area contributed by atoms with Crippen LogP contribution in [0.25, 0.3) is 98.1 Å². The highest BCUT2D eigenvalue weighted by Crippen LogP contribution is 2.49. The Kier molecular flexibility index (Phi) is 2.84. The molecule has 9 aromatic carbocycles. The van der Waals surface area contributed by atoms with Crippen LogP contribution >= 0.6 is 0 Å². The van der Waals surface area contributed by atoms with Gasteiger partial charge in [-0.15, -0.1) is 0 Å². The Labute approximate surface area is 264 Å². The largest absolute Gasteiger partial charge is 0.456 e. The first-order chi connectivity index (χ1) is 26.3. The lowest BCUT2D eigenvalue weighted by molar-refractivity contribution is 0.669. The van der Waals surface area contributed by atoms with Gasteiger partial charge in [0.2, 0.25) is 0 Å². The third kappa shape index (κ3) is 3.06. The fourth-order valence-electron chi connectivity index (χ4n) is 6.86. The van der Waals surface area contributed by atoms with Crippen LogP contribution < -0.4 is 0 Å². The van der Waals surface area contributed by atoms with Gasteiger partial charge >= 0.3 is 0 Å². The van der Waals surface area contributed by atoms with Gasteiger partial charge in [0.1, 0.15) is 11.2 Å². The van der Waals surface area contributed by atoms with Gasteiger partial charge in [0.25, 0.3) is 0 Å². The van der Waals surface area contributed by atoms with Crippen molar-refractivity contribution in [2.45, 2.75) is 0 Å². The number of rotatable bonds is 2. The molecule has 0 bridgehead atoms. The van der Waals surface area contributed by atoms with Crippen molar-refractivity contribution < 1.29 is 20.9 Å². The fourth-order valence-corrected chi connectivity index (χ4v) is 6.86. The maximum absolute atomic E-state index is 9.46. The van der Waals surface area contributed by atoms with Gasteiger partial charge in [-0.05, 0) is 88.2 Å². The second-order valence-electron chi connectivity index (χ2n) is 10.7. The van der Waals surface area contributed by atoms with E-state index in [0.717, 1.165) is 32.3 Å². The van der Waals surface area contributed by atoms with E-state index >= 15 is 0 Å². The van der Waals surface area contributed by atoms with Crippen LogP contribution in [0.5, 0.6) is 0 Å². The molecular weight excluding hydrogens is 520 g/mol. The van der Waals surface area contributed by atoms with Crippen molar-refractivity contribution in [3.8, 4) is 22.3 Å². The van der Waals surface area contributed by atoms with Crippen molar-refractivity contribution in [2.75, 3.05) is 0 Å². The molecule has 0 N–H and O–H groups in total. The zero-order valence-corrected chi connectivity index (χ0v) is 22.3. The summed E-state index contributed by atoms with van der Waals surface area (Å²) in [6, 6.07) is 16.9. The zero-order chi connectivity index (χ0) is 38.5. The molecule has 0 amide bonds. The summed E-state index contributed by atoms with van der Waals surface area (Å²) in [5, 5.41) is 5.88. The van der Waals surface area contributed by atoms with Gasteiger partial charge in [0.05, 0.1) is 16.4 Å². The van der Waals surface area contributed by atoms with Gasteiger partial charge < -0.3 is 4.42 Å². The predicted molar refractivity (Wildman–Crippen MR) is 183 cm³/mol. The highest BCUT2D eigenvalue weighted by molar-refractivity contribution is 6.30. The molecule has 0 fully saturated rings. The quantitative estimate of drug-likeness (QED) is 0.152.